The SMILES string of the molecule is CC(C)C(N)c1ccc(COc2cccc3c2CN(C2CNCCN2)C3=O)cc1. The Labute approximate surface area is 172 Å². The highest BCUT2D eigenvalue weighted by molar-refractivity contribution is 5.99. The van der Waals surface area contributed by atoms with Gasteiger partial charge in [-0.15, -0.1) is 0 Å². The zero-order chi connectivity index (χ0) is 20.4. The van der Waals surface area contributed by atoms with E-state index in [1.807, 2.05) is 23.1 Å². The number of nitrogens with zero attached hydrogens (tertiary/aromatic N) is 1. The summed E-state index contributed by atoms with van der Waals surface area (Å²) in [5, 5.41) is 6.76. The van der Waals surface area contributed by atoms with Gasteiger partial charge in [-0.2, -0.15) is 0 Å². The van der Waals surface area contributed by atoms with Gasteiger partial charge in [-0.1, -0.05) is 44.2 Å². The Hall–Kier alpha value is -2.41. The molecule has 0 aliphatic carbocycles. The van der Waals surface area contributed by atoms with Crippen molar-refractivity contribution < 1.29 is 9.53 Å². The van der Waals surface area contributed by atoms with Crippen molar-refractivity contribution in [3.8, 4) is 5.75 Å². The Morgan fingerprint density at radius 2 is 1.97 bits per heavy atom. The van der Waals surface area contributed by atoms with Gasteiger partial charge >= 0.3 is 0 Å². The van der Waals surface area contributed by atoms with Gasteiger partial charge in [-0.05, 0) is 29.2 Å². The first-order chi connectivity index (χ1) is 14.0. The molecule has 2 aromatic rings. The topological polar surface area (TPSA) is 79.6 Å². The minimum absolute atomic E-state index is 0.0224. The lowest BCUT2D eigenvalue weighted by atomic mass is 9.96. The van der Waals surface area contributed by atoms with Crippen molar-refractivity contribution in [3.05, 3.63) is 64.7 Å². The van der Waals surface area contributed by atoms with Gasteiger partial charge in [-0.25, -0.2) is 0 Å². The van der Waals surface area contributed by atoms with Crippen LogP contribution in [0.3, 0.4) is 0 Å². The van der Waals surface area contributed by atoms with Crippen molar-refractivity contribution in [3.63, 3.8) is 0 Å². The lowest BCUT2D eigenvalue weighted by Gasteiger charge is -2.32. The molecule has 4 rings (SSSR count). The molecule has 0 spiro atoms. The van der Waals surface area contributed by atoms with Gasteiger partial charge in [0.25, 0.3) is 5.91 Å². The fourth-order valence-corrected chi connectivity index (χ4v) is 3.95. The summed E-state index contributed by atoms with van der Waals surface area (Å²) < 4.78 is 6.12. The number of hydrogen-bond acceptors (Lipinski definition) is 5. The van der Waals surface area contributed by atoms with Crippen molar-refractivity contribution in [2.45, 2.75) is 39.2 Å². The molecule has 2 aromatic carbocycles. The lowest BCUT2D eigenvalue weighted by Crippen LogP contribution is -2.57. The monoisotopic (exact) mass is 394 g/mol. The molecule has 2 aliphatic rings. The highest BCUT2D eigenvalue weighted by atomic mass is 16.5. The summed E-state index contributed by atoms with van der Waals surface area (Å²) in [6, 6.07) is 14.1. The van der Waals surface area contributed by atoms with Crippen molar-refractivity contribution in [2.24, 2.45) is 11.7 Å². The predicted octanol–water partition coefficient (Wildman–Crippen LogP) is 2.40. The van der Waals surface area contributed by atoms with Crippen molar-refractivity contribution in [1.29, 1.82) is 0 Å². The number of carbonyl (C=O) groups excluding carboxylic acids is 1. The summed E-state index contributed by atoms with van der Waals surface area (Å²) in [6.07, 6.45) is 0.0224. The average molecular weight is 395 g/mol. The van der Waals surface area contributed by atoms with Crippen LogP contribution < -0.4 is 21.1 Å². The van der Waals surface area contributed by atoms with Gasteiger partial charge in [0.05, 0.1) is 12.7 Å². The number of piperazine rings is 1. The van der Waals surface area contributed by atoms with Gasteiger partial charge in [0, 0.05) is 36.8 Å². The van der Waals surface area contributed by atoms with Crippen LogP contribution in [0.25, 0.3) is 0 Å². The van der Waals surface area contributed by atoms with Gasteiger partial charge in [-0.3, -0.25) is 10.1 Å². The number of carbonyl (C=O) groups is 1. The minimum atomic E-state index is 0.0224. The zero-order valence-corrected chi connectivity index (χ0v) is 17.2. The number of rotatable bonds is 6. The molecule has 1 amide bonds. The molecule has 29 heavy (non-hydrogen) atoms. The number of hydrogen-bond donors (Lipinski definition) is 3. The summed E-state index contributed by atoms with van der Waals surface area (Å²) in [6.45, 7) is 7.85. The molecule has 4 N–H and O–H groups in total. The van der Waals surface area contributed by atoms with Crippen LogP contribution in [-0.4, -0.2) is 36.6 Å². The second-order valence-electron chi connectivity index (χ2n) is 8.19. The number of benzene rings is 2. The highest BCUT2D eigenvalue weighted by Gasteiger charge is 2.35. The second-order valence-corrected chi connectivity index (χ2v) is 8.19. The first-order valence-electron chi connectivity index (χ1n) is 10.4. The van der Waals surface area contributed by atoms with E-state index in [2.05, 4.69) is 48.7 Å². The molecule has 1 fully saturated rings. The zero-order valence-electron chi connectivity index (χ0n) is 17.2. The maximum Gasteiger partial charge on any atom is 0.255 e. The molecule has 0 saturated carbocycles. The highest BCUT2D eigenvalue weighted by Crippen LogP contribution is 2.32. The van der Waals surface area contributed by atoms with E-state index < -0.39 is 0 Å². The maximum absolute atomic E-state index is 12.9. The molecule has 2 atom stereocenters. The number of nitrogens with two attached hydrogens (primary N) is 1. The molecule has 2 aliphatic heterocycles. The van der Waals surface area contributed by atoms with Gasteiger partial charge in [0.2, 0.25) is 0 Å². The Bertz CT molecular complexity index is 860. The molecule has 2 unspecified atom stereocenters. The van der Waals surface area contributed by atoms with Crippen LogP contribution >= 0.6 is 0 Å². The lowest BCUT2D eigenvalue weighted by molar-refractivity contribution is 0.0645. The summed E-state index contributed by atoms with van der Waals surface area (Å²) in [7, 11) is 0. The van der Waals surface area contributed by atoms with Crippen LogP contribution in [0, 0.1) is 5.92 Å². The molecule has 2 heterocycles. The number of fused-ring (bicyclic) bond motifs is 1. The van der Waals surface area contributed by atoms with Crippen molar-refractivity contribution >= 4 is 5.91 Å². The van der Waals surface area contributed by atoms with Crippen molar-refractivity contribution in [2.75, 3.05) is 19.6 Å². The molecule has 0 radical (unpaired) electrons. The average Bonchev–Trinajstić information content (AvgIpc) is 3.10. The molecule has 1 saturated heterocycles. The van der Waals surface area contributed by atoms with Crippen LogP contribution in [0.2, 0.25) is 0 Å². The van der Waals surface area contributed by atoms with E-state index in [9.17, 15) is 4.79 Å². The van der Waals surface area contributed by atoms with E-state index in [1.165, 1.54) is 0 Å². The van der Waals surface area contributed by atoms with Crippen LogP contribution in [0.5, 0.6) is 5.75 Å². The van der Waals surface area contributed by atoms with Crippen LogP contribution in [0.4, 0.5) is 0 Å². The van der Waals surface area contributed by atoms with Crippen molar-refractivity contribution in [1.82, 2.24) is 15.5 Å². The quantitative estimate of drug-likeness (QED) is 0.701. The summed E-state index contributed by atoms with van der Waals surface area (Å²) in [5.74, 6) is 1.25. The Balaban J connectivity index is 1.44. The molecule has 0 aromatic heterocycles. The van der Waals surface area contributed by atoms with E-state index in [0.29, 0.717) is 19.1 Å². The Morgan fingerprint density at radius 1 is 1.17 bits per heavy atom. The molecule has 6 heteroatoms. The molecule has 0 bridgehead atoms. The van der Waals surface area contributed by atoms with Crippen LogP contribution in [-0.2, 0) is 13.2 Å². The first-order valence-corrected chi connectivity index (χ1v) is 10.4. The normalized spacial score (nSPS) is 20.1. The van der Waals surface area contributed by atoms with Gasteiger partial charge < -0.3 is 20.7 Å². The minimum Gasteiger partial charge on any atom is -0.489 e. The fraction of sp³-hybridized carbons (Fsp3) is 0.435. The second kappa shape index (κ2) is 8.53. The molecular formula is C23H30N4O2. The van der Waals surface area contributed by atoms with E-state index in [0.717, 1.165) is 47.6 Å². The van der Waals surface area contributed by atoms with Gasteiger partial charge in [0.15, 0.2) is 0 Å². The van der Waals surface area contributed by atoms with E-state index in [1.54, 1.807) is 0 Å². The van der Waals surface area contributed by atoms with Crippen LogP contribution in [0.1, 0.15) is 46.9 Å². The molecule has 6 nitrogen and oxygen atoms in total. The standard InChI is InChI=1S/C23H30N4O2/c1-15(2)22(24)17-8-6-16(7-9-17)14-29-20-5-3-4-18-19(20)13-27(23(18)28)21-12-25-10-11-26-21/h3-9,15,21-22,25-26H,10-14,24H2,1-2H3. The molecule has 154 valence electrons. The molecular weight excluding hydrogens is 364 g/mol. The summed E-state index contributed by atoms with van der Waals surface area (Å²) >= 11 is 0. The fourth-order valence-electron chi connectivity index (χ4n) is 3.95. The largest absolute Gasteiger partial charge is 0.489 e. The third kappa shape index (κ3) is 4.15. The smallest absolute Gasteiger partial charge is 0.255 e. The third-order valence-corrected chi connectivity index (χ3v) is 5.83. The van der Waals surface area contributed by atoms with E-state index >= 15 is 0 Å². The van der Waals surface area contributed by atoms with E-state index in [4.69, 9.17) is 10.5 Å². The first kappa shape index (κ1) is 19.9. The number of ether oxygens (including phenoxy) is 1. The predicted molar refractivity (Wildman–Crippen MR) is 114 cm³/mol. The van der Waals surface area contributed by atoms with Gasteiger partial charge in [0.1, 0.15) is 12.4 Å². The maximum atomic E-state index is 12.9. The summed E-state index contributed by atoms with van der Waals surface area (Å²) in [5.41, 5.74) is 10.2. The summed E-state index contributed by atoms with van der Waals surface area (Å²) in [4.78, 5) is 14.8. The van der Waals surface area contributed by atoms with Crippen LogP contribution in [0.15, 0.2) is 42.5 Å². The van der Waals surface area contributed by atoms with E-state index in [-0.39, 0.29) is 18.1 Å². The third-order valence-electron chi connectivity index (χ3n) is 5.83. The Morgan fingerprint density at radius 3 is 2.66 bits per heavy atom. The number of amides is 1. The Kier molecular flexibility index (Phi) is 5.85. The number of nitrogens with one attached hydrogen (secondary N) is 2.